The highest BCUT2D eigenvalue weighted by Gasteiger charge is 2.17. The maximum absolute atomic E-state index is 11.4. The summed E-state index contributed by atoms with van der Waals surface area (Å²) in [6.45, 7) is 5.23. The number of hydrogen-bond donors (Lipinski definition) is 1. The lowest BCUT2D eigenvalue weighted by molar-refractivity contribution is 0.0523. The Labute approximate surface area is 82.3 Å². The third kappa shape index (κ3) is 2.02. The van der Waals surface area contributed by atoms with Gasteiger partial charge in [-0.05, 0) is 19.9 Å². The molecule has 1 aromatic rings. The number of rotatable bonds is 3. The van der Waals surface area contributed by atoms with Gasteiger partial charge in [-0.2, -0.15) is 0 Å². The van der Waals surface area contributed by atoms with Gasteiger partial charge in [0.05, 0.1) is 17.9 Å². The molecular weight excluding hydrogens is 182 g/mol. The van der Waals surface area contributed by atoms with Crippen molar-refractivity contribution in [2.24, 2.45) is 0 Å². The number of carbonyl (C=O) groups excluding carboxylic acids is 2. The van der Waals surface area contributed by atoms with E-state index in [4.69, 9.17) is 4.74 Å². The van der Waals surface area contributed by atoms with Crippen molar-refractivity contribution in [3.8, 4) is 0 Å². The van der Waals surface area contributed by atoms with E-state index in [-0.39, 0.29) is 5.78 Å². The molecular formula is C10H13NO3. The second kappa shape index (κ2) is 4.09. The molecule has 1 N–H and O–H groups in total. The Balaban J connectivity index is 3.06. The summed E-state index contributed by atoms with van der Waals surface area (Å²) in [7, 11) is 0. The molecule has 0 radical (unpaired) electrons. The van der Waals surface area contributed by atoms with Crippen molar-refractivity contribution in [1.82, 2.24) is 4.98 Å². The van der Waals surface area contributed by atoms with Crippen molar-refractivity contribution < 1.29 is 14.3 Å². The van der Waals surface area contributed by atoms with Crippen LogP contribution in [-0.2, 0) is 4.74 Å². The van der Waals surface area contributed by atoms with Crippen LogP contribution in [0, 0.1) is 6.92 Å². The average Bonchev–Trinajstić information content (AvgIpc) is 2.48. The van der Waals surface area contributed by atoms with Gasteiger partial charge in [0.25, 0.3) is 0 Å². The second-order valence-electron chi connectivity index (χ2n) is 3.02. The third-order valence-electron chi connectivity index (χ3n) is 1.80. The quantitative estimate of drug-likeness (QED) is 0.590. The predicted molar refractivity (Wildman–Crippen MR) is 51.5 cm³/mol. The van der Waals surface area contributed by atoms with Gasteiger partial charge in [-0.3, -0.25) is 4.79 Å². The molecule has 1 heterocycles. The summed E-state index contributed by atoms with van der Waals surface area (Å²) in [6, 6.07) is 1.62. The van der Waals surface area contributed by atoms with E-state index in [1.165, 1.54) is 6.92 Å². The topological polar surface area (TPSA) is 59.2 Å². The van der Waals surface area contributed by atoms with E-state index < -0.39 is 5.97 Å². The largest absolute Gasteiger partial charge is 0.462 e. The van der Waals surface area contributed by atoms with Crippen LogP contribution in [0.1, 0.15) is 40.4 Å². The summed E-state index contributed by atoms with van der Waals surface area (Å²) < 4.78 is 4.82. The van der Waals surface area contributed by atoms with Crippen LogP contribution in [0.4, 0.5) is 0 Å². The first-order valence-corrected chi connectivity index (χ1v) is 4.44. The van der Waals surface area contributed by atoms with Crippen LogP contribution in [0.25, 0.3) is 0 Å². The number of aryl methyl sites for hydroxylation is 1. The lowest BCUT2D eigenvalue weighted by Gasteiger charge is -2.00. The van der Waals surface area contributed by atoms with Crippen LogP contribution in [-0.4, -0.2) is 23.3 Å². The van der Waals surface area contributed by atoms with E-state index in [2.05, 4.69) is 4.98 Å². The molecule has 0 fully saturated rings. The molecule has 4 heteroatoms. The summed E-state index contributed by atoms with van der Waals surface area (Å²) in [5.74, 6) is -0.622. The van der Waals surface area contributed by atoms with Gasteiger partial charge in [-0.25, -0.2) is 4.79 Å². The van der Waals surface area contributed by atoms with E-state index in [0.717, 1.165) is 5.69 Å². The van der Waals surface area contributed by atoms with Crippen molar-refractivity contribution in [2.75, 3.05) is 6.61 Å². The molecule has 76 valence electrons. The number of H-pyrrole nitrogens is 1. The van der Waals surface area contributed by atoms with E-state index >= 15 is 0 Å². The van der Waals surface area contributed by atoms with Gasteiger partial charge < -0.3 is 9.72 Å². The number of nitrogens with one attached hydrogen (secondary N) is 1. The van der Waals surface area contributed by atoms with Crippen molar-refractivity contribution in [3.05, 3.63) is 23.0 Å². The van der Waals surface area contributed by atoms with Crippen molar-refractivity contribution in [3.63, 3.8) is 0 Å². The number of ketones is 1. The van der Waals surface area contributed by atoms with Crippen LogP contribution < -0.4 is 0 Å². The zero-order valence-electron chi connectivity index (χ0n) is 8.51. The molecule has 1 aromatic heterocycles. The highest BCUT2D eigenvalue weighted by atomic mass is 16.5. The van der Waals surface area contributed by atoms with Gasteiger partial charge in [0, 0.05) is 12.6 Å². The van der Waals surface area contributed by atoms with Crippen LogP contribution in [0.2, 0.25) is 0 Å². The van der Waals surface area contributed by atoms with Gasteiger partial charge in [0.15, 0.2) is 5.78 Å². The molecule has 0 saturated heterocycles. The Morgan fingerprint density at radius 1 is 1.50 bits per heavy atom. The number of hydrogen-bond acceptors (Lipinski definition) is 3. The number of ether oxygens (including phenoxy) is 1. The summed E-state index contributed by atoms with van der Waals surface area (Å²) in [6.07, 6.45) is 0. The fourth-order valence-corrected chi connectivity index (χ4v) is 1.24. The zero-order chi connectivity index (χ0) is 10.7. The first kappa shape index (κ1) is 10.5. The fourth-order valence-electron chi connectivity index (χ4n) is 1.24. The third-order valence-corrected chi connectivity index (χ3v) is 1.80. The maximum atomic E-state index is 11.4. The summed E-state index contributed by atoms with van der Waals surface area (Å²) >= 11 is 0. The monoisotopic (exact) mass is 195 g/mol. The van der Waals surface area contributed by atoms with E-state index in [0.29, 0.717) is 17.9 Å². The SMILES string of the molecule is CCOC(=O)c1cc(C)[nH]c1C(C)=O. The van der Waals surface area contributed by atoms with E-state index in [9.17, 15) is 9.59 Å². The molecule has 0 amide bonds. The Kier molecular flexibility index (Phi) is 3.06. The normalized spacial score (nSPS) is 9.93. The molecule has 0 spiro atoms. The molecule has 1 rings (SSSR count). The smallest absolute Gasteiger partial charge is 0.340 e. The number of esters is 1. The number of aromatic nitrogens is 1. The van der Waals surface area contributed by atoms with Crippen LogP contribution in [0.15, 0.2) is 6.07 Å². The molecule has 0 aliphatic carbocycles. The molecule has 4 nitrogen and oxygen atoms in total. The molecule has 0 aliphatic rings. The molecule has 14 heavy (non-hydrogen) atoms. The minimum atomic E-state index is -0.456. The van der Waals surface area contributed by atoms with Crippen LogP contribution in [0.3, 0.4) is 0 Å². The molecule has 0 aromatic carbocycles. The van der Waals surface area contributed by atoms with Gasteiger partial charge in [-0.15, -0.1) is 0 Å². The fraction of sp³-hybridized carbons (Fsp3) is 0.400. The predicted octanol–water partition coefficient (Wildman–Crippen LogP) is 1.70. The lowest BCUT2D eigenvalue weighted by atomic mass is 10.2. The van der Waals surface area contributed by atoms with Gasteiger partial charge >= 0.3 is 5.97 Å². The van der Waals surface area contributed by atoms with Gasteiger partial charge in [-0.1, -0.05) is 0 Å². The molecule has 0 aliphatic heterocycles. The first-order chi connectivity index (χ1) is 6.56. The van der Waals surface area contributed by atoms with E-state index in [1.807, 2.05) is 0 Å². The highest BCUT2D eigenvalue weighted by molar-refractivity contribution is 6.04. The van der Waals surface area contributed by atoms with Gasteiger partial charge in [0.1, 0.15) is 0 Å². The Hall–Kier alpha value is -1.58. The van der Waals surface area contributed by atoms with Crippen molar-refractivity contribution in [2.45, 2.75) is 20.8 Å². The number of carbonyl (C=O) groups is 2. The Morgan fingerprint density at radius 3 is 2.64 bits per heavy atom. The molecule has 0 atom stereocenters. The van der Waals surface area contributed by atoms with Crippen molar-refractivity contribution in [1.29, 1.82) is 0 Å². The summed E-state index contributed by atoms with van der Waals surface area (Å²) in [4.78, 5) is 25.4. The summed E-state index contributed by atoms with van der Waals surface area (Å²) in [5, 5.41) is 0. The number of Topliss-reactive ketones (excluding diaryl/α,β-unsaturated/α-hetero) is 1. The average molecular weight is 195 g/mol. The molecule has 0 bridgehead atoms. The molecule has 0 saturated carbocycles. The molecule has 0 unspecified atom stereocenters. The highest BCUT2D eigenvalue weighted by Crippen LogP contribution is 2.12. The van der Waals surface area contributed by atoms with Crippen LogP contribution >= 0.6 is 0 Å². The minimum absolute atomic E-state index is 0.166. The summed E-state index contributed by atoms with van der Waals surface area (Å²) in [5.41, 5.74) is 1.41. The van der Waals surface area contributed by atoms with E-state index in [1.54, 1.807) is 19.9 Å². The Bertz CT molecular complexity index is 365. The standard InChI is InChI=1S/C10H13NO3/c1-4-14-10(13)8-5-6(2)11-9(8)7(3)12/h5,11H,4H2,1-3H3. The minimum Gasteiger partial charge on any atom is -0.462 e. The second-order valence-corrected chi connectivity index (χ2v) is 3.02. The van der Waals surface area contributed by atoms with Crippen LogP contribution in [0.5, 0.6) is 0 Å². The Morgan fingerprint density at radius 2 is 2.14 bits per heavy atom. The lowest BCUT2D eigenvalue weighted by Crippen LogP contribution is -2.08. The number of aromatic amines is 1. The van der Waals surface area contributed by atoms with Crippen molar-refractivity contribution >= 4 is 11.8 Å². The first-order valence-electron chi connectivity index (χ1n) is 4.44. The van der Waals surface area contributed by atoms with Gasteiger partial charge in [0.2, 0.25) is 0 Å². The maximum Gasteiger partial charge on any atom is 0.340 e. The zero-order valence-corrected chi connectivity index (χ0v) is 8.51.